The summed E-state index contributed by atoms with van der Waals surface area (Å²) in [5, 5.41) is 6.08. The summed E-state index contributed by atoms with van der Waals surface area (Å²) >= 11 is 1.46. The van der Waals surface area contributed by atoms with Gasteiger partial charge in [0.1, 0.15) is 0 Å². The molecule has 0 fully saturated rings. The van der Waals surface area contributed by atoms with Gasteiger partial charge in [-0.15, -0.1) is 0 Å². The molecule has 2 aromatic rings. The third-order valence-electron chi connectivity index (χ3n) is 2.33. The smallest absolute Gasteiger partial charge is 0.321 e. The summed E-state index contributed by atoms with van der Waals surface area (Å²) in [5.41, 5.74) is 0.900. The molecule has 6 heteroatoms. The number of nitrogens with one attached hydrogen (secondary N) is 2. The number of carbonyl (C=O) groups is 1. The number of anilines is 1. The largest absolute Gasteiger partial charge is 0.385 e. The lowest BCUT2D eigenvalue weighted by Crippen LogP contribution is -2.29. The Morgan fingerprint density at radius 2 is 2.28 bits per heavy atom. The summed E-state index contributed by atoms with van der Waals surface area (Å²) in [6.45, 7) is 1.23. The monoisotopic (exact) mass is 265 g/mol. The van der Waals surface area contributed by atoms with Crippen molar-refractivity contribution in [2.75, 3.05) is 25.6 Å². The molecular formula is C12H15N3O2S. The maximum atomic E-state index is 11.6. The van der Waals surface area contributed by atoms with Gasteiger partial charge >= 0.3 is 6.03 Å². The first-order valence-corrected chi connectivity index (χ1v) is 6.50. The Labute approximate surface area is 109 Å². The van der Waals surface area contributed by atoms with Crippen LogP contribution in [0.1, 0.15) is 6.42 Å². The Balaban J connectivity index is 1.86. The van der Waals surface area contributed by atoms with E-state index in [2.05, 4.69) is 15.6 Å². The number of ether oxygens (including phenoxy) is 1. The summed E-state index contributed by atoms with van der Waals surface area (Å²) in [7, 11) is 1.64. The van der Waals surface area contributed by atoms with E-state index < -0.39 is 0 Å². The van der Waals surface area contributed by atoms with Gasteiger partial charge in [-0.2, -0.15) is 0 Å². The second-order valence-electron chi connectivity index (χ2n) is 3.71. The molecule has 5 nitrogen and oxygen atoms in total. The molecule has 1 aromatic carbocycles. The van der Waals surface area contributed by atoms with Crippen molar-refractivity contribution in [1.82, 2.24) is 10.3 Å². The first-order chi connectivity index (χ1) is 8.79. The second-order valence-corrected chi connectivity index (χ2v) is 4.74. The molecule has 2 amide bonds. The first kappa shape index (κ1) is 12.8. The molecule has 96 valence electrons. The zero-order valence-electron chi connectivity index (χ0n) is 10.1. The molecule has 0 aliphatic heterocycles. The maximum Gasteiger partial charge on any atom is 0.321 e. The quantitative estimate of drug-likeness (QED) is 0.816. The van der Waals surface area contributed by atoms with Crippen LogP contribution in [0.25, 0.3) is 10.2 Å². The van der Waals surface area contributed by atoms with E-state index in [4.69, 9.17) is 4.74 Å². The van der Waals surface area contributed by atoms with Crippen molar-refractivity contribution in [3.63, 3.8) is 0 Å². The molecule has 0 spiro atoms. The molecule has 2 N–H and O–H groups in total. The topological polar surface area (TPSA) is 63.2 Å². The van der Waals surface area contributed by atoms with Gasteiger partial charge in [-0.1, -0.05) is 23.5 Å². The average Bonchev–Trinajstić information content (AvgIpc) is 2.76. The molecule has 1 aromatic heterocycles. The minimum atomic E-state index is -0.231. The molecule has 0 radical (unpaired) electrons. The fraction of sp³-hybridized carbons (Fsp3) is 0.333. The number of methoxy groups -OCH3 is 1. The molecule has 0 bridgehead atoms. The van der Waals surface area contributed by atoms with Gasteiger partial charge in [-0.25, -0.2) is 9.78 Å². The number of hydrogen-bond donors (Lipinski definition) is 2. The van der Waals surface area contributed by atoms with E-state index in [1.807, 2.05) is 24.3 Å². The maximum absolute atomic E-state index is 11.6. The van der Waals surface area contributed by atoms with E-state index in [0.717, 1.165) is 16.6 Å². The van der Waals surface area contributed by atoms with Gasteiger partial charge in [-0.3, -0.25) is 5.32 Å². The Bertz CT molecular complexity index is 494. The van der Waals surface area contributed by atoms with Gasteiger partial charge in [0.25, 0.3) is 0 Å². The number of para-hydroxylation sites is 1. The van der Waals surface area contributed by atoms with Gasteiger partial charge in [-0.05, 0) is 18.6 Å². The van der Waals surface area contributed by atoms with Gasteiger partial charge in [0, 0.05) is 20.3 Å². The molecule has 0 saturated carbocycles. The van der Waals surface area contributed by atoms with E-state index in [-0.39, 0.29) is 6.03 Å². The third-order valence-corrected chi connectivity index (χ3v) is 3.28. The van der Waals surface area contributed by atoms with Crippen LogP contribution >= 0.6 is 11.3 Å². The Kier molecular flexibility index (Phi) is 4.49. The molecule has 2 rings (SSSR count). The Morgan fingerprint density at radius 3 is 3.06 bits per heavy atom. The number of aromatic nitrogens is 1. The summed E-state index contributed by atoms with van der Waals surface area (Å²) in [5.74, 6) is 0. The van der Waals surface area contributed by atoms with E-state index in [1.54, 1.807) is 7.11 Å². The van der Waals surface area contributed by atoms with Crippen molar-refractivity contribution in [2.45, 2.75) is 6.42 Å². The lowest BCUT2D eigenvalue weighted by atomic mass is 10.3. The predicted octanol–water partition coefficient (Wildman–Crippen LogP) is 2.45. The van der Waals surface area contributed by atoms with Crippen LogP contribution in [0.2, 0.25) is 0 Å². The van der Waals surface area contributed by atoms with Gasteiger partial charge in [0.15, 0.2) is 5.13 Å². The summed E-state index contributed by atoms with van der Waals surface area (Å²) < 4.78 is 5.96. The standard InChI is InChI=1S/C12H15N3O2S/c1-17-8-4-7-13-11(16)15-12-14-9-5-2-3-6-10(9)18-12/h2-3,5-6H,4,7-8H2,1H3,(H2,13,14,15,16). The SMILES string of the molecule is COCCCNC(=O)Nc1nc2ccccc2s1. The summed E-state index contributed by atoms with van der Waals surface area (Å²) in [4.78, 5) is 15.9. The van der Waals surface area contributed by atoms with Crippen LogP contribution in [0.5, 0.6) is 0 Å². The summed E-state index contributed by atoms with van der Waals surface area (Å²) in [6, 6.07) is 7.55. The fourth-order valence-electron chi connectivity index (χ4n) is 1.49. The average molecular weight is 265 g/mol. The fourth-order valence-corrected chi connectivity index (χ4v) is 2.35. The highest BCUT2D eigenvalue weighted by Crippen LogP contribution is 2.25. The zero-order chi connectivity index (χ0) is 12.8. The van der Waals surface area contributed by atoms with E-state index in [1.165, 1.54) is 11.3 Å². The molecule has 0 aliphatic rings. The molecule has 0 saturated heterocycles. The first-order valence-electron chi connectivity index (χ1n) is 5.69. The van der Waals surface area contributed by atoms with Crippen LogP contribution in [-0.4, -0.2) is 31.3 Å². The third kappa shape index (κ3) is 3.41. The minimum absolute atomic E-state index is 0.231. The van der Waals surface area contributed by atoms with E-state index in [9.17, 15) is 4.79 Å². The van der Waals surface area contributed by atoms with Gasteiger partial charge in [0.05, 0.1) is 10.2 Å². The highest BCUT2D eigenvalue weighted by atomic mass is 32.1. The van der Waals surface area contributed by atoms with Crippen molar-refractivity contribution in [2.24, 2.45) is 0 Å². The number of benzene rings is 1. The van der Waals surface area contributed by atoms with Crippen LogP contribution in [-0.2, 0) is 4.74 Å². The minimum Gasteiger partial charge on any atom is -0.385 e. The number of hydrogen-bond acceptors (Lipinski definition) is 4. The van der Waals surface area contributed by atoms with E-state index in [0.29, 0.717) is 18.3 Å². The van der Waals surface area contributed by atoms with Crippen molar-refractivity contribution < 1.29 is 9.53 Å². The number of amides is 2. The van der Waals surface area contributed by atoms with Crippen molar-refractivity contribution in [3.05, 3.63) is 24.3 Å². The number of rotatable bonds is 5. The zero-order valence-corrected chi connectivity index (χ0v) is 10.9. The predicted molar refractivity (Wildman–Crippen MR) is 73.1 cm³/mol. The number of thiazole rings is 1. The van der Waals surface area contributed by atoms with Crippen molar-refractivity contribution in [3.8, 4) is 0 Å². The number of urea groups is 1. The lowest BCUT2D eigenvalue weighted by molar-refractivity contribution is 0.194. The van der Waals surface area contributed by atoms with Crippen LogP contribution in [0.4, 0.5) is 9.93 Å². The van der Waals surface area contributed by atoms with Crippen molar-refractivity contribution in [1.29, 1.82) is 0 Å². The second kappa shape index (κ2) is 6.32. The van der Waals surface area contributed by atoms with E-state index >= 15 is 0 Å². The van der Waals surface area contributed by atoms with Crippen LogP contribution in [0.15, 0.2) is 24.3 Å². The number of nitrogens with zero attached hydrogens (tertiary/aromatic N) is 1. The Hall–Kier alpha value is -1.66. The van der Waals surface area contributed by atoms with Crippen molar-refractivity contribution >= 4 is 32.7 Å². The summed E-state index contributed by atoms with van der Waals surface area (Å²) in [6.07, 6.45) is 0.795. The van der Waals surface area contributed by atoms with Crippen LogP contribution in [0, 0.1) is 0 Å². The van der Waals surface area contributed by atoms with Gasteiger partial charge < -0.3 is 10.1 Å². The molecule has 18 heavy (non-hydrogen) atoms. The normalized spacial score (nSPS) is 10.5. The highest BCUT2D eigenvalue weighted by Gasteiger charge is 2.06. The Morgan fingerprint density at radius 1 is 1.44 bits per heavy atom. The van der Waals surface area contributed by atoms with Crippen LogP contribution in [0.3, 0.4) is 0 Å². The number of carbonyl (C=O) groups excluding carboxylic acids is 1. The molecule has 1 heterocycles. The number of fused-ring (bicyclic) bond motifs is 1. The van der Waals surface area contributed by atoms with Gasteiger partial charge in [0.2, 0.25) is 0 Å². The molecule has 0 atom stereocenters. The lowest BCUT2D eigenvalue weighted by Gasteiger charge is -2.04. The molecule has 0 unspecified atom stereocenters. The molecule has 0 aliphatic carbocycles. The van der Waals surface area contributed by atoms with Crippen LogP contribution < -0.4 is 10.6 Å². The molecular weight excluding hydrogens is 250 g/mol. The highest BCUT2D eigenvalue weighted by molar-refractivity contribution is 7.22.